The quantitative estimate of drug-likeness (QED) is 0.728. The Kier molecular flexibility index (Phi) is 5.04. The zero-order valence-corrected chi connectivity index (χ0v) is 8.61. The molecule has 1 saturated heterocycles. The molecule has 2 nitrogen and oxygen atoms in total. The molecule has 0 bridgehead atoms. The minimum absolute atomic E-state index is 0.665. The summed E-state index contributed by atoms with van der Waals surface area (Å²) in [6, 6.07) is 0. The van der Waals surface area contributed by atoms with Crippen LogP contribution in [0.15, 0.2) is 0 Å². The molecule has 0 aromatic rings. The Morgan fingerprint density at radius 3 is 2.75 bits per heavy atom. The number of ether oxygens (including phenoxy) is 1. The molecule has 1 heterocycles. The molecule has 1 aliphatic rings. The van der Waals surface area contributed by atoms with Crippen LogP contribution in [-0.2, 0) is 4.74 Å². The van der Waals surface area contributed by atoms with Crippen molar-refractivity contribution in [2.75, 3.05) is 25.5 Å². The lowest BCUT2D eigenvalue weighted by atomic mass is 10.2. The van der Waals surface area contributed by atoms with Crippen LogP contribution < -0.4 is 5.73 Å². The molecule has 1 aliphatic heterocycles. The van der Waals surface area contributed by atoms with Crippen LogP contribution in [0.25, 0.3) is 0 Å². The normalized spacial score (nSPS) is 22.5. The molecule has 3 heteroatoms. The number of thioether (sulfide) groups is 1. The van der Waals surface area contributed by atoms with Crippen molar-refractivity contribution in [2.24, 2.45) is 11.7 Å². The lowest BCUT2D eigenvalue weighted by Gasteiger charge is -2.22. The molecular weight excluding hydrogens is 170 g/mol. The second kappa shape index (κ2) is 5.84. The first-order valence-corrected chi connectivity index (χ1v) is 5.77. The summed E-state index contributed by atoms with van der Waals surface area (Å²) in [5.74, 6) is 1.87. The molecule has 0 aliphatic carbocycles. The molecule has 0 aromatic heterocycles. The maximum absolute atomic E-state index is 5.55. The summed E-state index contributed by atoms with van der Waals surface area (Å²) < 4.78 is 5.29. The number of nitrogens with two attached hydrogens (primary N) is 1. The Hall–Kier alpha value is 0.270. The van der Waals surface area contributed by atoms with Gasteiger partial charge in [0.2, 0.25) is 0 Å². The van der Waals surface area contributed by atoms with Gasteiger partial charge in [0, 0.05) is 18.5 Å². The molecule has 0 saturated carbocycles. The van der Waals surface area contributed by atoms with Crippen LogP contribution in [0.3, 0.4) is 0 Å². The van der Waals surface area contributed by atoms with Gasteiger partial charge in [-0.2, -0.15) is 11.8 Å². The molecular formula is C9H19NOS. The fraction of sp³-hybridized carbons (Fsp3) is 1.00. The Morgan fingerprint density at radius 1 is 1.50 bits per heavy atom. The first-order chi connectivity index (χ1) is 5.83. The van der Waals surface area contributed by atoms with Gasteiger partial charge in [-0.3, -0.25) is 0 Å². The minimum atomic E-state index is 0.665. The predicted octanol–water partition coefficient (Wildman–Crippen LogP) is 1.49. The zero-order chi connectivity index (χ0) is 8.81. The van der Waals surface area contributed by atoms with Crippen molar-refractivity contribution in [3.63, 3.8) is 0 Å². The third-order valence-corrected chi connectivity index (χ3v) is 3.89. The maximum Gasteiger partial charge on any atom is 0.0476 e. The van der Waals surface area contributed by atoms with Crippen LogP contribution in [0.4, 0.5) is 0 Å². The van der Waals surface area contributed by atoms with E-state index in [2.05, 4.69) is 18.7 Å². The van der Waals surface area contributed by atoms with Crippen molar-refractivity contribution in [1.29, 1.82) is 0 Å². The Labute approximate surface area is 79.2 Å². The van der Waals surface area contributed by atoms with Gasteiger partial charge in [-0.15, -0.1) is 0 Å². The summed E-state index contributed by atoms with van der Waals surface area (Å²) in [7, 11) is 0. The highest BCUT2D eigenvalue weighted by atomic mass is 32.2. The van der Waals surface area contributed by atoms with Gasteiger partial charge in [0.1, 0.15) is 0 Å². The van der Waals surface area contributed by atoms with Crippen LogP contribution >= 0.6 is 11.8 Å². The summed E-state index contributed by atoms with van der Waals surface area (Å²) in [6.07, 6.45) is 2.45. The van der Waals surface area contributed by atoms with E-state index in [0.29, 0.717) is 5.92 Å². The topological polar surface area (TPSA) is 35.2 Å². The molecule has 1 unspecified atom stereocenters. The maximum atomic E-state index is 5.55. The van der Waals surface area contributed by atoms with Gasteiger partial charge in [-0.05, 0) is 31.1 Å². The number of hydrogen-bond donors (Lipinski definition) is 1. The average Bonchev–Trinajstić information content (AvgIpc) is 2.16. The van der Waals surface area contributed by atoms with Crippen molar-refractivity contribution in [3.8, 4) is 0 Å². The van der Waals surface area contributed by atoms with Gasteiger partial charge in [0.05, 0.1) is 0 Å². The van der Waals surface area contributed by atoms with Gasteiger partial charge in [0.15, 0.2) is 0 Å². The fourth-order valence-electron chi connectivity index (χ4n) is 1.21. The largest absolute Gasteiger partial charge is 0.381 e. The van der Waals surface area contributed by atoms with Gasteiger partial charge in [0.25, 0.3) is 0 Å². The average molecular weight is 189 g/mol. The molecule has 0 amide bonds. The van der Waals surface area contributed by atoms with E-state index in [4.69, 9.17) is 10.5 Å². The molecule has 1 fully saturated rings. The lowest BCUT2D eigenvalue weighted by molar-refractivity contribution is 0.1000. The third-order valence-electron chi connectivity index (χ3n) is 2.19. The number of rotatable bonds is 4. The zero-order valence-electron chi connectivity index (χ0n) is 7.79. The van der Waals surface area contributed by atoms with Gasteiger partial charge < -0.3 is 10.5 Å². The molecule has 1 rings (SSSR count). The van der Waals surface area contributed by atoms with Crippen molar-refractivity contribution in [2.45, 2.75) is 25.0 Å². The Balaban J connectivity index is 2.05. The second-order valence-corrected chi connectivity index (χ2v) is 4.82. The number of hydrogen-bond acceptors (Lipinski definition) is 3. The summed E-state index contributed by atoms with van der Waals surface area (Å²) in [4.78, 5) is 0. The van der Waals surface area contributed by atoms with E-state index in [-0.39, 0.29) is 0 Å². The first-order valence-electron chi connectivity index (χ1n) is 4.72. The molecule has 12 heavy (non-hydrogen) atoms. The standard InChI is InChI=1S/C9H19NOS/c1-8(6-10)7-12-9-2-4-11-5-3-9/h8-9H,2-7,10H2,1H3. The molecule has 2 N–H and O–H groups in total. The monoisotopic (exact) mass is 189 g/mol. The summed E-state index contributed by atoms with van der Waals surface area (Å²) >= 11 is 2.07. The van der Waals surface area contributed by atoms with Crippen LogP contribution in [0.1, 0.15) is 19.8 Å². The highest BCUT2D eigenvalue weighted by Gasteiger charge is 2.14. The Morgan fingerprint density at radius 2 is 2.17 bits per heavy atom. The molecule has 0 spiro atoms. The predicted molar refractivity (Wildman–Crippen MR) is 54.5 cm³/mol. The van der Waals surface area contributed by atoms with Crippen LogP contribution in [0.5, 0.6) is 0 Å². The minimum Gasteiger partial charge on any atom is -0.381 e. The molecule has 72 valence electrons. The summed E-state index contributed by atoms with van der Waals surface area (Å²) in [6.45, 7) is 4.94. The SMILES string of the molecule is CC(CN)CSC1CCOCC1. The van der Waals surface area contributed by atoms with Crippen LogP contribution in [-0.4, -0.2) is 30.8 Å². The van der Waals surface area contributed by atoms with Crippen molar-refractivity contribution >= 4 is 11.8 Å². The second-order valence-electron chi connectivity index (χ2n) is 3.49. The molecule has 1 atom stereocenters. The first kappa shape index (κ1) is 10.4. The van der Waals surface area contributed by atoms with Crippen molar-refractivity contribution in [1.82, 2.24) is 0 Å². The van der Waals surface area contributed by atoms with E-state index < -0.39 is 0 Å². The highest BCUT2D eigenvalue weighted by Crippen LogP contribution is 2.23. The van der Waals surface area contributed by atoms with E-state index >= 15 is 0 Å². The van der Waals surface area contributed by atoms with Crippen LogP contribution in [0.2, 0.25) is 0 Å². The van der Waals surface area contributed by atoms with Crippen LogP contribution in [0, 0.1) is 5.92 Å². The van der Waals surface area contributed by atoms with Crippen molar-refractivity contribution in [3.05, 3.63) is 0 Å². The van der Waals surface area contributed by atoms with E-state index in [9.17, 15) is 0 Å². The van der Waals surface area contributed by atoms with E-state index in [1.807, 2.05) is 0 Å². The fourth-order valence-corrected chi connectivity index (χ4v) is 2.47. The lowest BCUT2D eigenvalue weighted by Crippen LogP contribution is -2.20. The van der Waals surface area contributed by atoms with Gasteiger partial charge in [-0.1, -0.05) is 6.92 Å². The van der Waals surface area contributed by atoms with Gasteiger partial charge >= 0.3 is 0 Å². The third kappa shape index (κ3) is 3.78. The Bertz CT molecular complexity index is 115. The van der Waals surface area contributed by atoms with E-state index in [1.165, 1.54) is 18.6 Å². The summed E-state index contributed by atoms with van der Waals surface area (Å²) in [5.41, 5.74) is 5.55. The van der Waals surface area contributed by atoms with Crippen molar-refractivity contribution < 1.29 is 4.74 Å². The highest BCUT2D eigenvalue weighted by molar-refractivity contribution is 7.99. The van der Waals surface area contributed by atoms with E-state index in [0.717, 1.165) is 25.0 Å². The summed E-state index contributed by atoms with van der Waals surface area (Å²) in [5, 5.41) is 0.827. The van der Waals surface area contributed by atoms with E-state index in [1.54, 1.807) is 0 Å². The smallest absolute Gasteiger partial charge is 0.0476 e. The molecule has 0 radical (unpaired) electrons. The molecule has 0 aromatic carbocycles. The van der Waals surface area contributed by atoms with Gasteiger partial charge in [-0.25, -0.2) is 0 Å².